The van der Waals surface area contributed by atoms with Crippen molar-refractivity contribution in [3.05, 3.63) is 48.3 Å². The fourth-order valence-electron chi connectivity index (χ4n) is 3.33. The number of carbonyl (C=O) groups is 1. The molecular weight excluding hydrogens is 334 g/mol. The molecule has 1 unspecified atom stereocenters. The van der Waals surface area contributed by atoms with Crippen molar-refractivity contribution in [1.29, 1.82) is 0 Å². The van der Waals surface area contributed by atoms with Crippen LogP contribution in [-0.2, 0) is 4.79 Å². The van der Waals surface area contributed by atoms with Gasteiger partial charge in [0.25, 0.3) is 0 Å². The number of hydrogen-bond donors (Lipinski definition) is 1. The van der Waals surface area contributed by atoms with E-state index < -0.39 is 12.0 Å². The smallest absolute Gasteiger partial charge is 0.325 e. The van der Waals surface area contributed by atoms with Crippen LogP contribution in [-0.4, -0.2) is 61.4 Å². The van der Waals surface area contributed by atoms with Crippen molar-refractivity contribution in [1.82, 2.24) is 9.88 Å². The SMILES string of the molecule is COc1ccc(OC)c(C(C(=O)O)N2CCN(c3ccncc3)CC2)c1. The van der Waals surface area contributed by atoms with Gasteiger partial charge >= 0.3 is 5.97 Å². The third-order valence-electron chi connectivity index (χ3n) is 4.67. The van der Waals surface area contributed by atoms with Gasteiger partial charge in [0.15, 0.2) is 0 Å². The first-order valence-electron chi connectivity index (χ1n) is 8.47. The summed E-state index contributed by atoms with van der Waals surface area (Å²) in [4.78, 5) is 20.3. The van der Waals surface area contributed by atoms with Crippen molar-refractivity contribution in [2.24, 2.45) is 0 Å². The summed E-state index contributed by atoms with van der Waals surface area (Å²) < 4.78 is 10.7. The van der Waals surface area contributed by atoms with E-state index in [1.165, 1.54) is 0 Å². The van der Waals surface area contributed by atoms with Crippen molar-refractivity contribution in [2.75, 3.05) is 45.3 Å². The average molecular weight is 357 g/mol. The van der Waals surface area contributed by atoms with E-state index in [-0.39, 0.29) is 0 Å². The van der Waals surface area contributed by atoms with Gasteiger partial charge in [-0.25, -0.2) is 0 Å². The second-order valence-electron chi connectivity index (χ2n) is 6.08. The Morgan fingerprint density at radius 1 is 1.08 bits per heavy atom. The average Bonchev–Trinajstić information content (AvgIpc) is 2.69. The molecule has 7 heteroatoms. The molecule has 1 aliphatic rings. The lowest BCUT2D eigenvalue weighted by Crippen LogP contribution is -2.49. The number of hydrogen-bond acceptors (Lipinski definition) is 6. The van der Waals surface area contributed by atoms with E-state index >= 15 is 0 Å². The number of aliphatic carboxylic acids is 1. The Labute approximate surface area is 152 Å². The van der Waals surface area contributed by atoms with E-state index in [9.17, 15) is 9.90 Å². The summed E-state index contributed by atoms with van der Waals surface area (Å²) in [5.74, 6) is 0.270. The quantitative estimate of drug-likeness (QED) is 0.848. The maximum absolute atomic E-state index is 12.1. The fourth-order valence-corrected chi connectivity index (χ4v) is 3.33. The van der Waals surface area contributed by atoms with Crippen molar-refractivity contribution in [3.8, 4) is 11.5 Å². The normalized spacial score (nSPS) is 16.2. The third-order valence-corrected chi connectivity index (χ3v) is 4.67. The Kier molecular flexibility index (Phi) is 5.58. The van der Waals surface area contributed by atoms with Gasteiger partial charge in [0.1, 0.15) is 17.5 Å². The van der Waals surface area contributed by atoms with Gasteiger partial charge in [-0.3, -0.25) is 14.7 Å². The van der Waals surface area contributed by atoms with Crippen LogP contribution in [0.3, 0.4) is 0 Å². The molecule has 1 fully saturated rings. The largest absolute Gasteiger partial charge is 0.497 e. The minimum Gasteiger partial charge on any atom is -0.497 e. The lowest BCUT2D eigenvalue weighted by atomic mass is 10.0. The fraction of sp³-hybridized carbons (Fsp3) is 0.368. The van der Waals surface area contributed by atoms with Gasteiger partial charge in [-0.2, -0.15) is 0 Å². The van der Waals surface area contributed by atoms with Gasteiger partial charge in [-0.05, 0) is 30.3 Å². The monoisotopic (exact) mass is 357 g/mol. The minimum atomic E-state index is -0.895. The second-order valence-corrected chi connectivity index (χ2v) is 6.08. The summed E-state index contributed by atoms with van der Waals surface area (Å²) in [6.45, 7) is 2.78. The van der Waals surface area contributed by atoms with Crippen LogP contribution in [0.2, 0.25) is 0 Å². The zero-order valence-corrected chi connectivity index (χ0v) is 15.0. The molecule has 1 aromatic heterocycles. The van der Waals surface area contributed by atoms with Crippen LogP contribution in [0.15, 0.2) is 42.7 Å². The molecule has 1 aliphatic heterocycles. The van der Waals surface area contributed by atoms with Crippen LogP contribution in [0.1, 0.15) is 11.6 Å². The van der Waals surface area contributed by atoms with Crippen LogP contribution in [0.25, 0.3) is 0 Å². The van der Waals surface area contributed by atoms with E-state index in [4.69, 9.17) is 9.47 Å². The number of benzene rings is 1. The van der Waals surface area contributed by atoms with E-state index in [1.807, 2.05) is 17.0 Å². The standard InChI is InChI=1S/C19H23N3O4/c1-25-15-3-4-17(26-2)16(13-15)18(19(23)24)22-11-9-21(10-12-22)14-5-7-20-8-6-14/h3-8,13,18H,9-12H2,1-2H3,(H,23,24). The summed E-state index contributed by atoms with van der Waals surface area (Å²) in [5, 5.41) is 9.89. The number of nitrogens with zero attached hydrogens (tertiary/aromatic N) is 3. The molecule has 0 spiro atoms. The Hall–Kier alpha value is -2.80. The van der Waals surface area contributed by atoms with Gasteiger partial charge in [0.2, 0.25) is 0 Å². The van der Waals surface area contributed by atoms with Crippen molar-refractivity contribution < 1.29 is 19.4 Å². The maximum Gasteiger partial charge on any atom is 0.325 e. The molecule has 3 rings (SSSR count). The molecule has 0 saturated carbocycles. The molecule has 138 valence electrons. The molecule has 1 aromatic carbocycles. The molecule has 7 nitrogen and oxygen atoms in total. The first-order chi connectivity index (χ1) is 12.6. The van der Waals surface area contributed by atoms with Crippen molar-refractivity contribution in [2.45, 2.75) is 6.04 Å². The minimum absolute atomic E-state index is 0.551. The summed E-state index contributed by atoms with van der Waals surface area (Å²) >= 11 is 0. The molecule has 26 heavy (non-hydrogen) atoms. The maximum atomic E-state index is 12.1. The van der Waals surface area contributed by atoms with Gasteiger partial charge in [-0.15, -0.1) is 0 Å². The van der Waals surface area contributed by atoms with Gasteiger partial charge in [0.05, 0.1) is 14.2 Å². The predicted octanol–water partition coefficient (Wildman–Crippen LogP) is 2.05. The lowest BCUT2D eigenvalue weighted by molar-refractivity contribution is -0.143. The van der Waals surface area contributed by atoms with Gasteiger partial charge in [-0.1, -0.05) is 0 Å². The van der Waals surface area contributed by atoms with Crippen LogP contribution in [0.4, 0.5) is 5.69 Å². The topological polar surface area (TPSA) is 75.1 Å². The van der Waals surface area contributed by atoms with E-state index in [0.717, 1.165) is 18.8 Å². The highest BCUT2D eigenvalue weighted by atomic mass is 16.5. The first kappa shape index (κ1) is 18.0. The number of piperazine rings is 1. The number of pyridine rings is 1. The number of methoxy groups -OCH3 is 2. The Bertz CT molecular complexity index is 746. The number of carboxylic acids is 1. The third kappa shape index (κ3) is 3.72. The van der Waals surface area contributed by atoms with Crippen LogP contribution in [0.5, 0.6) is 11.5 Å². The zero-order chi connectivity index (χ0) is 18.5. The summed E-state index contributed by atoms with van der Waals surface area (Å²) in [5.41, 5.74) is 1.71. The van der Waals surface area contributed by atoms with Crippen LogP contribution in [0, 0.1) is 0 Å². The lowest BCUT2D eigenvalue weighted by Gasteiger charge is -2.39. The molecule has 0 radical (unpaired) electrons. The summed E-state index contributed by atoms with van der Waals surface area (Å²) in [6.07, 6.45) is 3.53. The number of rotatable bonds is 6. The van der Waals surface area contributed by atoms with E-state index in [0.29, 0.717) is 30.2 Å². The molecule has 1 saturated heterocycles. The van der Waals surface area contributed by atoms with Crippen molar-refractivity contribution >= 4 is 11.7 Å². The Morgan fingerprint density at radius 3 is 2.35 bits per heavy atom. The van der Waals surface area contributed by atoms with Gasteiger partial charge in [0, 0.05) is 49.8 Å². The molecule has 0 bridgehead atoms. The number of aromatic nitrogens is 1. The number of carboxylic acid groups (broad SMARTS) is 1. The first-order valence-corrected chi connectivity index (χ1v) is 8.47. The summed E-state index contributed by atoms with van der Waals surface area (Å²) in [7, 11) is 3.11. The number of ether oxygens (including phenoxy) is 2. The Morgan fingerprint density at radius 2 is 1.77 bits per heavy atom. The molecule has 0 aliphatic carbocycles. The molecule has 0 amide bonds. The molecule has 2 heterocycles. The Balaban J connectivity index is 1.81. The van der Waals surface area contributed by atoms with E-state index in [2.05, 4.69) is 9.88 Å². The van der Waals surface area contributed by atoms with Crippen molar-refractivity contribution in [3.63, 3.8) is 0 Å². The van der Waals surface area contributed by atoms with Crippen LogP contribution >= 0.6 is 0 Å². The number of anilines is 1. The van der Waals surface area contributed by atoms with Crippen LogP contribution < -0.4 is 14.4 Å². The molecule has 1 atom stereocenters. The second kappa shape index (κ2) is 8.05. The molecular formula is C19H23N3O4. The highest BCUT2D eigenvalue weighted by Crippen LogP contribution is 2.34. The molecule has 1 N–H and O–H groups in total. The van der Waals surface area contributed by atoms with E-state index in [1.54, 1.807) is 44.8 Å². The van der Waals surface area contributed by atoms with Gasteiger partial charge < -0.3 is 19.5 Å². The zero-order valence-electron chi connectivity index (χ0n) is 15.0. The summed E-state index contributed by atoms with van der Waals surface area (Å²) in [6, 6.07) is 8.41. The molecule has 2 aromatic rings. The predicted molar refractivity (Wildman–Crippen MR) is 97.9 cm³/mol. The highest BCUT2D eigenvalue weighted by molar-refractivity contribution is 5.77. The highest BCUT2D eigenvalue weighted by Gasteiger charge is 2.32.